The third-order valence-electron chi connectivity index (χ3n) is 1.86. The van der Waals surface area contributed by atoms with Gasteiger partial charge in [0.1, 0.15) is 0 Å². The third-order valence-corrected chi connectivity index (χ3v) is 2.30. The molecule has 0 fully saturated rings. The lowest BCUT2D eigenvalue weighted by atomic mass is 10.2. The molecule has 0 aliphatic carbocycles. The van der Waals surface area contributed by atoms with Gasteiger partial charge in [-0.3, -0.25) is 0 Å². The zero-order valence-corrected chi connectivity index (χ0v) is 10.4. The molecule has 4 heteroatoms. The van der Waals surface area contributed by atoms with E-state index < -0.39 is 0 Å². The molecule has 0 unspecified atom stereocenters. The van der Waals surface area contributed by atoms with E-state index in [-0.39, 0.29) is 0 Å². The lowest BCUT2D eigenvalue weighted by molar-refractivity contribution is 0.635. The fraction of sp³-hybridized carbons (Fsp3) is 0.500. The van der Waals surface area contributed by atoms with Gasteiger partial charge in [-0.05, 0) is 27.9 Å². The highest BCUT2D eigenvalue weighted by molar-refractivity contribution is 9.10. The molecule has 0 saturated heterocycles. The Morgan fingerprint density at radius 2 is 2.21 bits per heavy atom. The molecule has 0 aliphatic rings. The van der Waals surface area contributed by atoms with Gasteiger partial charge in [-0.15, -0.1) is 0 Å². The minimum Gasteiger partial charge on any atom is -0.396 e. The zero-order chi connectivity index (χ0) is 10.7. The maximum atomic E-state index is 5.86. The normalized spacial score (nSPS) is 10.6. The van der Waals surface area contributed by atoms with E-state index in [0.29, 0.717) is 11.6 Å². The number of pyridine rings is 1. The van der Waals surface area contributed by atoms with E-state index in [1.807, 2.05) is 13.1 Å². The molecule has 14 heavy (non-hydrogen) atoms. The standard InChI is InChI=1S/C10H16BrN3/c1-7(2)6-14(3)10-9(12)4-8(11)5-13-10/h4-5,7H,6,12H2,1-3H3. The Morgan fingerprint density at radius 3 is 2.71 bits per heavy atom. The van der Waals surface area contributed by atoms with E-state index in [1.54, 1.807) is 6.20 Å². The van der Waals surface area contributed by atoms with E-state index in [4.69, 9.17) is 5.73 Å². The van der Waals surface area contributed by atoms with Gasteiger partial charge in [0, 0.05) is 24.3 Å². The molecule has 1 rings (SSSR count). The van der Waals surface area contributed by atoms with Gasteiger partial charge in [-0.2, -0.15) is 0 Å². The van der Waals surface area contributed by atoms with Crippen LogP contribution in [-0.2, 0) is 0 Å². The lowest BCUT2D eigenvalue weighted by Gasteiger charge is -2.21. The summed E-state index contributed by atoms with van der Waals surface area (Å²) >= 11 is 3.34. The van der Waals surface area contributed by atoms with Gasteiger partial charge in [-0.25, -0.2) is 4.98 Å². The predicted molar refractivity (Wildman–Crippen MR) is 64.5 cm³/mol. The first kappa shape index (κ1) is 11.3. The largest absolute Gasteiger partial charge is 0.396 e. The molecular weight excluding hydrogens is 242 g/mol. The van der Waals surface area contributed by atoms with Crippen LogP contribution in [0.3, 0.4) is 0 Å². The van der Waals surface area contributed by atoms with E-state index in [9.17, 15) is 0 Å². The van der Waals surface area contributed by atoms with E-state index in [1.165, 1.54) is 0 Å². The molecule has 1 aromatic heterocycles. The number of halogens is 1. The predicted octanol–water partition coefficient (Wildman–Crippen LogP) is 2.52. The highest BCUT2D eigenvalue weighted by Crippen LogP contribution is 2.23. The Kier molecular flexibility index (Phi) is 3.75. The van der Waals surface area contributed by atoms with Crippen LogP contribution >= 0.6 is 15.9 Å². The van der Waals surface area contributed by atoms with Crippen LogP contribution in [0.15, 0.2) is 16.7 Å². The fourth-order valence-corrected chi connectivity index (χ4v) is 1.75. The molecule has 78 valence electrons. The average Bonchev–Trinajstić information content (AvgIpc) is 2.01. The topological polar surface area (TPSA) is 42.2 Å². The van der Waals surface area contributed by atoms with Crippen LogP contribution in [0.2, 0.25) is 0 Å². The number of nitrogens with two attached hydrogens (primary N) is 1. The summed E-state index contributed by atoms with van der Waals surface area (Å²) in [5.74, 6) is 1.45. The Labute approximate surface area is 93.4 Å². The van der Waals surface area contributed by atoms with Crippen molar-refractivity contribution in [2.75, 3.05) is 24.2 Å². The van der Waals surface area contributed by atoms with Crippen molar-refractivity contribution < 1.29 is 0 Å². The molecule has 0 amide bonds. The maximum absolute atomic E-state index is 5.86. The molecular formula is C10H16BrN3. The van der Waals surface area contributed by atoms with Crippen molar-refractivity contribution in [2.24, 2.45) is 5.92 Å². The van der Waals surface area contributed by atoms with Crippen molar-refractivity contribution in [3.63, 3.8) is 0 Å². The summed E-state index contributed by atoms with van der Waals surface area (Å²) in [6.45, 7) is 5.30. The monoisotopic (exact) mass is 257 g/mol. The molecule has 0 aliphatic heterocycles. The summed E-state index contributed by atoms with van der Waals surface area (Å²) in [5, 5.41) is 0. The maximum Gasteiger partial charge on any atom is 0.151 e. The Bertz CT molecular complexity index is 312. The molecule has 0 bridgehead atoms. The van der Waals surface area contributed by atoms with Crippen LogP contribution in [0.25, 0.3) is 0 Å². The van der Waals surface area contributed by atoms with Gasteiger partial charge in [0.05, 0.1) is 5.69 Å². The molecule has 2 N–H and O–H groups in total. The third kappa shape index (κ3) is 2.87. The Morgan fingerprint density at radius 1 is 1.57 bits per heavy atom. The number of rotatable bonds is 3. The molecule has 0 saturated carbocycles. The number of nitrogens with zero attached hydrogens (tertiary/aromatic N) is 2. The van der Waals surface area contributed by atoms with E-state index in [0.717, 1.165) is 16.8 Å². The Balaban J connectivity index is 2.84. The van der Waals surface area contributed by atoms with Gasteiger partial charge in [0.2, 0.25) is 0 Å². The fourth-order valence-electron chi connectivity index (χ4n) is 1.40. The van der Waals surface area contributed by atoms with Crippen molar-refractivity contribution in [2.45, 2.75) is 13.8 Å². The van der Waals surface area contributed by atoms with Gasteiger partial charge in [0.25, 0.3) is 0 Å². The van der Waals surface area contributed by atoms with Crippen LogP contribution in [0.5, 0.6) is 0 Å². The molecule has 0 atom stereocenters. The van der Waals surface area contributed by atoms with Gasteiger partial charge >= 0.3 is 0 Å². The minimum absolute atomic E-state index is 0.602. The van der Waals surface area contributed by atoms with Crippen LogP contribution in [0, 0.1) is 5.92 Å². The summed E-state index contributed by atoms with van der Waals surface area (Å²) in [6.07, 6.45) is 1.77. The number of nitrogen functional groups attached to an aromatic ring is 1. The minimum atomic E-state index is 0.602. The van der Waals surface area contributed by atoms with E-state index in [2.05, 4.69) is 39.7 Å². The number of hydrogen-bond donors (Lipinski definition) is 1. The Hall–Kier alpha value is -0.770. The van der Waals surface area contributed by atoms with Crippen molar-refractivity contribution in [3.8, 4) is 0 Å². The molecule has 0 spiro atoms. The van der Waals surface area contributed by atoms with Crippen LogP contribution in [0.1, 0.15) is 13.8 Å². The number of aromatic nitrogens is 1. The van der Waals surface area contributed by atoms with Crippen molar-refractivity contribution in [1.82, 2.24) is 4.98 Å². The molecule has 3 nitrogen and oxygen atoms in total. The highest BCUT2D eigenvalue weighted by Gasteiger charge is 2.08. The molecule has 0 aromatic carbocycles. The zero-order valence-electron chi connectivity index (χ0n) is 8.79. The van der Waals surface area contributed by atoms with Crippen molar-refractivity contribution in [1.29, 1.82) is 0 Å². The van der Waals surface area contributed by atoms with Crippen LogP contribution in [0.4, 0.5) is 11.5 Å². The SMILES string of the molecule is CC(C)CN(C)c1ncc(Br)cc1N. The average molecular weight is 258 g/mol. The number of anilines is 2. The first-order chi connectivity index (χ1) is 6.50. The first-order valence-electron chi connectivity index (χ1n) is 4.63. The second-order valence-electron chi connectivity index (χ2n) is 3.84. The van der Waals surface area contributed by atoms with Gasteiger partial charge in [0.15, 0.2) is 5.82 Å². The summed E-state index contributed by atoms with van der Waals surface area (Å²) in [5.41, 5.74) is 6.57. The second-order valence-corrected chi connectivity index (χ2v) is 4.76. The quantitative estimate of drug-likeness (QED) is 0.905. The van der Waals surface area contributed by atoms with Crippen molar-refractivity contribution in [3.05, 3.63) is 16.7 Å². The second kappa shape index (κ2) is 4.64. The lowest BCUT2D eigenvalue weighted by Crippen LogP contribution is -2.24. The summed E-state index contributed by atoms with van der Waals surface area (Å²) in [7, 11) is 2.01. The molecule has 1 aromatic rings. The highest BCUT2D eigenvalue weighted by atomic mass is 79.9. The molecule has 1 heterocycles. The van der Waals surface area contributed by atoms with Gasteiger partial charge in [-0.1, -0.05) is 13.8 Å². The smallest absolute Gasteiger partial charge is 0.151 e. The first-order valence-corrected chi connectivity index (χ1v) is 5.42. The van der Waals surface area contributed by atoms with Crippen LogP contribution < -0.4 is 10.6 Å². The number of hydrogen-bond acceptors (Lipinski definition) is 3. The van der Waals surface area contributed by atoms with Gasteiger partial charge < -0.3 is 10.6 Å². The summed E-state index contributed by atoms with van der Waals surface area (Å²) in [4.78, 5) is 6.36. The molecule has 0 radical (unpaired) electrons. The summed E-state index contributed by atoms with van der Waals surface area (Å²) < 4.78 is 0.914. The van der Waals surface area contributed by atoms with Crippen LogP contribution in [-0.4, -0.2) is 18.6 Å². The van der Waals surface area contributed by atoms with E-state index >= 15 is 0 Å². The van der Waals surface area contributed by atoms with Crippen molar-refractivity contribution >= 4 is 27.4 Å². The summed E-state index contributed by atoms with van der Waals surface area (Å²) in [6, 6.07) is 1.87.